The Hall–Kier alpha value is -2.72. The van der Waals surface area contributed by atoms with Crippen LogP contribution in [0.15, 0.2) is 53.5 Å². The van der Waals surface area contributed by atoms with E-state index in [0.717, 1.165) is 16.5 Å². The zero-order chi connectivity index (χ0) is 16.6. The molecule has 116 valence electrons. The predicted octanol–water partition coefficient (Wildman–Crippen LogP) is 4.58. The first kappa shape index (κ1) is 15.2. The van der Waals surface area contributed by atoms with E-state index >= 15 is 0 Å². The van der Waals surface area contributed by atoms with Gasteiger partial charge in [0.25, 0.3) is 5.91 Å². The van der Waals surface area contributed by atoms with Crippen molar-refractivity contribution in [3.63, 3.8) is 0 Å². The number of aryl methyl sites for hydroxylation is 1. The number of rotatable bonds is 4. The van der Waals surface area contributed by atoms with Crippen molar-refractivity contribution in [3.8, 4) is 0 Å². The van der Waals surface area contributed by atoms with Crippen molar-refractivity contribution in [1.29, 1.82) is 0 Å². The van der Waals surface area contributed by atoms with Gasteiger partial charge in [-0.3, -0.25) is 4.79 Å². The van der Waals surface area contributed by atoms with E-state index in [1.165, 1.54) is 0 Å². The van der Waals surface area contributed by atoms with Gasteiger partial charge in [-0.05, 0) is 30.7 Å². The third-order valence-corrected chi connectivity index (χ3v) is 3.75. The maximum Gasteiger partial charge on any atom is 0.286 e. The fraction of sp³-hybridized carbons (Fsp3) is 0.0556. The van der Waals surface area contributed by atoms with Crippen LogP contribution in [-0.4, -0.2) is 5.91 Å². The minimum atomic E-state index is -0.656. The summed E-state index contributed by atoms with van der Waals surface area (Å²) in [7, 11) is 0. The first-order chi connectivity index (χ1) is 11.0. The molecular formula is C18H15ClN2O2. The van der Waals surface area contributed by atoms with Gasteiger partial charge in [-0.1, -0.05) is 41.9 Å². The monoisotopic (exact) mass is 326 g/mol. The normalized spacial score (nSPS) is 10.7. The van der Waals surface area contributed by atoms with E-state index in [1.54, 1.807) is 18.2 Å². The molecule has 3 N–H and O–H groups in total. The Morgan fingerprint density at radius 2 is 2.04 bits per heavy atom. The molecule has 0 radical (unpaired) electrons. The quantitative estimate of drug-likeness (QED) is 0.737. The molecule has 0 saturated heterocycles. The molecule has 2 aromatic carbocycles. The molecule has 5 heteroatoms. The fourth-order valence-electron chi connectivity index (χ4n) is 2.42. The highest BCUT2D eigenvalue weighted by Crippen LogP contribution is 2.34. The molecule has 1 heterocycles. The van der Waals surface area contributed by atoms with Crippen molar-refractivity contribution in [2.45, 2.75) is 6.92 Å². The Labute approximate surface area is 138 Å². The Morgan fingerprint density at radius 3 is 2.74 bits per heavy atom. The van der Waals surface area contributed by atoms with Crippen molar-refractivity contribution in [2.24, 2.45) is 5.73 Å². The lowest BCUT2D eigenvalue weighted by Gasteiger charge is -2.10. The molecule has 23 heavy (non-hydrogen) atoms. The topological polar surface area (TPSA) is 68.3 Å². The Bertz CT molecular complexity index is 928. The second-order valence-corrected chi connectivity index (χ2v) is 5.72. The highest BCUT2D eigenvalue weighted by molar-refractivity contribution is 6.31. The van der Waals surface area contributed by atoms with Gasteiger partial charge < -0.3 is 15.5 Å². The molecule has 0 atom stereocenters. The molecule has 0 aliphatic heterocycles. The maximum absolute atomic E-state index is 11.7. The molecule has 4 nitrogen and oxygen atoms in total. The lowest BCUT2D eigenvalue weighted by atomic mass is 10.1. The number of hydrogen-bond acceptors (Lipinski definition) is 3. The van der Waals surface area contributed by atoms with Gasteiger partial charge in [0.15, 0.2) is 0 Å². The highest BCUT2D eigenvalue weighted by atomic mass is 35.5. The van der Waals surface area contributed by atoms with Crippen LogP contribution in [0.2, 0.25) is 5.02 Å². The SMILES string of the molecule is C=C(Nc1c(C(N)=O)oc2cc(Cl)ccc12)c1cccc(C)c1. The Balaban J connectivity index is 2.06. The average Bonchev–Trinajstić information content (AvgIpc) is 2.85. The van der Waals surface area contributed by atoms with Gasteiger partial charge in [-0.15, -0.1) is 0 Å². The van der Waals surface area contributed by atoms with Crippen LogP contribution in [0.3, 0.4) is 0 Å². The first-order valence-electron chi connectivity index (χ1n) is 7.00. The van der Waals surface area contributed by atoms with Crippen molar-refractivity contribution in [1.82, 2.24) is 0 Å². The Morgan fingerprint density at radius 1 is 1.26 bits per heavy atom. The maximum atomic E-state index is 11.7. The van der Waals surface area contributed by atoms with E-state index in [1.807, 2.05) is 31.2 Å². The summed E-state index contributed by atoms with van der Waals surface area (Å²) in [5.41, 5.74) is 9.09. The zero-order valence-electron chi connectivity index (χ0n) is 12.5. The molecule has 0 aliphatic rings. The largest absolute Gasteiger partial charge is 0.449 e. The molecule has 1 amide bonds. The molecule has 0 unspecified atom stereocenters. The summed E-state index contributed by atoms with van der Waals surface area (Å²) in [5, 5.41) is 4.38. The second-order valence-electron chi connectivity index (χ2n) is 5.28. The van der Waals surface area contributed by atoms with Crippen LogP contribution in [0.5, 0.6) is 0 Å². The number of benzene rings is 2. The van der Waals surface area contributed by atoms with Crippen LogP contribution in [-0.2, 0) is 0 Å². The molecule has 0 saturated carbocycles. The van der Waals surface area contributed by atoms with Crippen molar-refractivity contribution < 1.29 is 9.21 Å². The van der Waals surface area contributed by atoms with E-state index < -0.39 is 5.91 Å². The molecule has 0 spiro atoms. The summed E-state index contributed by atoms with van der Waals surface area (Å²) in [4.78, 5) is 11.7. The molecule has 0 fully saturated rings. The second kappa shape index (κ2) is 5.82. The third-order valence-electron chi connectivity index (χ3n) is 3.52. The number of fused-ring (bicyclic) bond motifs is 1. The number of carbonyl (C=O) groups is 1. The number of hydrogen-bond donors (Lipinski definition) is 2. The van der Waals surface area contributed by atoms with Gasteiger partial charge in [0.05, 0.1) is 5.69 Å². The van der Waals surface area contributed by atoms with Crippen LogP contribution >= 0.6 is 11.6 Å². The van der Waals surface area contributed by atoms with Gasteiger partial charge in [0.2, 0.25) is 5.76 Å². The van der Waals surface area contributed by atoms with Crippen molar-refractivity contribution in [3.05, 3.63) is 71.0 Å². The smallest absolute Gasteiger partial charge is 0.286 e. The van der Waals surface area contributed by atoms with Crippen LogP contribution in [0.25, 0.3) is 16.7 Å². The zero-order valence-corrected chi connectivity index (χ0v) is 13.3. The van der Waals surface area contributed by atoms with E-state index in [9.17, 15) is 4.79 Å². The van der Waals surface area contributed by atoms with Crippen molar-refractivity contribution in [2.75, 3.05) is 5.32 Å². The number of anilines is 1. The average molecular weight is 327 g/mol. The lowest BCUT2D eigenvalue weighted by molar-refractivity contribution is 0.0977. The van der Waals surface area contributed by atoms with Crippen LogP contribution in [0.4, 0.5) is 5.69 Å². The minimum Gasteiger partial charge on any atom is -0.449 e. The standard InChI is InChI=1S/C18H15ClN2O2/c1-10-4-3-5-12(8-10)11(2)21-16-14-7-6-13(19)9-15(14)23-17(16)18(20)22/h3-9,21H,2H2,1H3,(H2,20,22). The summed E-state index contributed by atoms with van der Waals surface area (Å²) in [5.74, 6) is -0.604. The predicted molar refractivity (Wildman–Crippen MR) is 93.6 cm³/mol. The van der Waals surface area contributed by atoms with Gasteiger partial charge in [-0.25, -0.2) is 0 Å². The third kappa shape index (κ3) is 2.94. The van der Waals surface area contributed by atoms with Crippen LogP contribution < -0.4 is 11.1 Å². The summed E-state index contributed by atoms with van der Waals surface area (Å²) in [6.45, 7) is 6.04. The number of amides is 1. The van der Waals surface area contributed by atoms with Gasteiger partial charge >= 0.3 is 0 Å². The number of carbonyl (C=O) groups excluding carboxylic acids is 1. The number of primary amides is 1. The molecule has 3 aromatic rings. The van der Waals surface area contributed by atoms with E-state index in [-0.39, 0.29) is 5.76 Å². The van der Waals surface area contributed by atoms with Crippen LogP contribution in [0, 0.1) is 6.92 Å². The van der Waals surface area contributed by atoms with E-state index in [2.05, 4.69) is 11.9 Å². The minimum absolute atomic E-state index is 0.0519. The number of nitrogens with two attached hydrogens (primary N) is 1. The Kier molecular flexibility index (Phi) is 3.84. The van der Waals surface area contributed by atoms with Gasteiger partial charge in [-0.2, -0.15) is 0 Å². The van der Waals surface area contributed by atoms with Crippen molar-refractivity contribution >= 4 is 39.9 Å². The summed E-state index contributed by atoms with van der Waals surface area (Å²) >= 11 is 5.96. The highest BCUT2D eigenvalue weighted by Gasteiger charge is 2.19. The molecule has 1 aromatic heterocycles. The lowest BCUT2D eigenvalue weighted by Crippen LogP contribution is -2.12. The number of halogens is 1. The summed E-state index contributed by atoms with van der Waals surface area (Å²) in [6, 6.07) is 13.0. The van der Waals surface area contributed by atoms with Gasteiger partial charge in [0, 0.05) is 22.2 Å². The fourth-order valence-corrected chi connectivity index (χ4v) is 2.59. The van der Waals surface area contributed by atoms with E-state index in [4.69, 9.17) is 21.8 Å². The molecule has 0 aliphatic carbocycles. The summed E-state index contributed by atoms with van der Waals surface area (Å²) in [6.07, 6.45) is 0. The van der Waals surface area contributed by atoms with Crippen LogP contribution in [0.1, 0.15) is 21.7 Å². The number of furan rings is 1. The van der Waals surface area contributed by atoms with E-state index in [0.29, 0.717) is 22.0 Å². The molecule has 3 rings (SSSR count). The molecular weight excluding hydrogens is 312 g/mol. The number of nitrogens with one attached hydrogen (secondary N) is 1. The summed E-state index contributed by atoms with van der Waals surface area (Å²) < 4.78 is 5.54. The molecule has 0 bridgehead atoms. The van der Waals surface area contributed by atoms with Gasteiger partial charge in [0.1, 0.15) is 5.58 Å². The first-order valence-corrected chi connectivity index (χ1v) is 7.38.